The fraction of sp³-hybridized carbons (Fsp3) is 0.500. The van der Waals surface area contributed by atoms with Gasteiger partial charge in [-0.1, -0.05) is 39.5 Å². The summed E-state index contributed by atoms with van der Waals surface area (Å²) in [5.41, 5.74) is -0.828. The summed E-state index contributed by atoms with van der Waals surface area (Å²) in [4.78, 5) is 34.1. The predicted octanol–water partition coefficient (Wildman–Crippen LogP) is 3.93. The van der Waals surface area contributed by atoms with Crippen molar-refractivity contribution in [2.45, 2.75) is 52.4 Å². The molecule has 1 aromatic rings. The molecule has 24 heavy (non-hydrogen) atoms. The molecule has 0 amide bonds. The van der Waals surface area contributed by atoms with Crippen LogP contribution in [0.1, 0.15) is 82.6 Å². The van der Waals surface area contributed by atoms with Crippen LogP contribution in [-0.2, 0) is 6.42 Å². The van der Waals surface area contributed by atoms with E-state index in [1.165, 1.54) is 6.07 Å². The monoisotopic (exact) mass is 336 g/mol. The summed E-state index contributed by atoms with van der Waals surface area (Å²) in [7, 11) is 0. The molecule has 0 atom stereocenters. The average Bonchev–Trinajstić information content (AvgIpc) is 2.48. The molecule has 0 unspecified atom stereocenters. The van der Waals surface area contributed by atoms with Crippen LogP contribution in [0.4, 0.5) is 0 Å². The molecule has 0 spiro atoms. The Bertz CT molecular complexity index is 618. The molecule has 0 heterocycles. The molecule has 0 radical (unpaired) electrons. The van der Waals surface area contributed by atoms with Crippen molar-refractivity contribution in [3.05, 3.63) is 34.4 Å². The van der Waals surface area contributed by atoms with Crippen LogP contribution in [0.3, 0.4) is 0 Å². The number of hydrogen-bond acceptors (Lipinski definition) is 3. The van der Waals surface area contributed by atoms with Crippen molar-refractivity contribution in [1.82, 2.24) is 0 Å². The van der Waals surface area contributed by atoms with Crippen LogP contribution < -0.4 is 0 Å². The molecule has 0 fully saturated rings. The summed E-state index contributed by atoms with van der Waals surface area (Å²) in [6, 6.07) is 2.22. The molecule has 3 N–H and O–H groups in total. The van der Waals surface area contributed by atoms with E-state index in [1.807, 2.05) is 0 Å². The predicted molar refractivity (Wildman–Crippen MR) is 88.9 cm³/mol. The largest absolute Gasteiger partial charge is 0.478 e. The van der Waals surface area contributed by atoms with Gasteiger partial charge in [-0.3, -0.25) is 0 Å². The molecule has 0 bridgehead atoms. The lowest BCUT2D eigenvalue weighted by atomic mass is 9.91. The third kappa shape index (κ3) is 5.37. The molecule has 132 valence electrons. The highest BCUT2D eigenvalue weighted by molar-refractivity contribution is 6.05. The van der Waals surface area contributed by atoms with Gasteiger partial charge in [0.25, 0.3) is 0 Å². The van der Waals surface area contributed by atoms with E-state index in [2.05, 4.69) is 13.8 Å². The topological polar surface area (TPSA) is 112 Å². The summed E-state index contributed by atoms with van der Waals surface area (Å²) >= 11 is 0. The van der Waals surface area contributed by atoms with Crippen LogP contribution in [0.5, 0.6) is 0 Å². The van der Waals surface area contributed by atoms with Crippen LogP contribution in [0, 0.1) is 5.92 Å². The van der Waals surface area contributed by atoms with Gasteiger partial charge in [-0.2, -0.15) is 0 Å². The van der Waals surface area contributed by atoms with E-state index in [0.717, 1.165) is 31.7 Å². The molecule has 0 aliphatic rings. The first-order chi connectivity index (χ1) is 11.3. The highest BCUT2D eigenvalue weighted by Gasteiger charge is 2.24. The summed E-state index contributed by atoms with van der Waals surface area (Å²) in [6.07, 6.45) is 4.90. The lowest BCUT2D eigenvalue weighted by molar-refractivity contribution is 0.0647. The van der Waals surface area contributed by atoms with Crippen molar-refractivity contribution in [2.24, 2.45) is 5.92 Å². The number of rotatable bonds is 10. The SMILES string of the molecule is CC(C)CCCCCCc1c(C(=O)O)ccc(C(=O)O)c1C(=O)O. The standard InChI is InChI=1S/C18H24O6/c1-11(2)7-5-3-4-6-8-12-13(16(19)20)9-10-14(17(21)22)15(12)18(23)24/h9-11H,3-8H2,1-2H3,(H,19,20)(H,21,22)(H,23,24). The van der Waals surface area contributed by atoms with Crippen molar-refractivity contribution < 1.29 is 29.7 Å². The van der Waals surface area contributed by atoms with E-state index in [1.54, 1.807) is 0 Å². The molecule has 1 rings (SSSR count). The van der Waals surface area contributed by atoms with E-state index in [4.69, 9.17) is 5.11 Å². The molecular weight excluding hydrogens is 312 g/mol. The summed E-state index contributed by atoms with van der Waals surface area (Å²) < 4.78 is 0. The van der Waals surface area contributed by atoms with E-state index in [9.17, 15) is 24.6 Å². The van der Waals surface area contributed by atoms with Crippen molar-refractivity contribution in [3.8, 4) is 0 Å². The Hall–Kier alpha value is -2.37. The van der Waals surface area contributed by atoms with Gasteiger partial charge < -0.3 is 15.3 Å². The second-order valence-electron chi connectivity index (χ2n) is 6.28. The minimum atomic E-state index is -1.41. The smallest absolute Gasteiger partial charge is 0.336 e. The Kier molecular flexibility index (Phi) is 7.42. The Labute approximate surface area is 141 Å². The summed E-state index contributed by atoms with van der Waals surface area (Å²) in [5, 5.41) is 27.8. The van der Waals surface area contributed by atoms with Gasteiger partial charge in [0.15, 0.2) is 0 Å². The number of unbranched alkanes of at least 4 members (excludes halogenated alkanes) is 3. The third-order valence-electron chi connectivity index (χ3n) is 3.95. The quantitative estimate of drug-likeness (QED) is 0.558. The Morgan fingerprint density at radius 1 is 0.833 bits per heavy atom. The van der Waals surface area contributed by atoms with Crippen LogP contribution in [0.25, 0.3) is 0 Å². The molecule has 6 nitrogen and oxygen atoms in total. The molecule has 6 heteroatoms. The van der Waals surface area contributed by atoms with Crippen molar-refractivity contribution in [2.75, 3.05) is 0 Å². The minimum Gasteiger partial charge on any atom is -0.478 e. The highest BCUT2D eigenvalue weighted by Crippen LogP contribution is 2.23. The van der Waals surface area contributed by atoms with Gasteiger partial charge in [0.05, 0.1) is 16.7 Å². The number of carboxylic acid groups (broad SMARTS) is 3. The van der Waals surface area contributed by atoms with Gasteiger partial charge in [0.2, 0.25) is 0 Å². The molecule has 0 saturated carbocycles. The van der Waals surface area contributed by atoms with Gasteiger partial charge in [-0.05, 0) is 36.5 Å². The third-order valence-corrected chi connectivity index (χ3v) is 3.95. The fourth-order valence-corrected chi connectivity index (χ4v) is 2.74. The Morgan fingerprint density at radius 2 is 1.38 bits per heavy atom. The number of carbonyl (C=O) groups is 3. The molecule has 1 aromatic carbocycles. The zero-order valence-electron chi connectivity index (χ0n) is 14.0. The second-order valence-corrected chi connectivity index (χ2v) is 6.28. The van der Waals surface area contributed by atoms with E-state index < -0.39 is 23.5 Å². The molecule has 0 saturated heterocycles. The first-order valence-corrected chi connectivity index (χ1v) is 8.11. The average molecular weight is 336 g/mol. The van der Waals surface area contributed by atoms with Crippen molar-refractivity contribution in [1.29, 1.82) is 0 Å². The van der Waals surface area contributed by atoms with Crippen LogP contribution in [-0.4, -0.2) is 33.2 Å². The molecular formula is C18H24O6. The minimum absolute atomic E-state index is 0.0961. The van der Waals surface area contributed by atoms with Crippen LogP contribution in [0.2, 0.25) is 0 Å². The molecule has 0 aliphatic carbocycles. The number of benzene rings is 1. The Balaban J connectivity index is 2.97. The maximum absolute atomic E-state index is 11.5. The van der Waals surface area contributed by atoms with E-state index in [0.29, 0.717) is 12.3 Å². The van der Waals surface area contributed by atoms with E-state index in [-0.39, 0.29) is 23.1 Å². The lowest BCUT2D eigenvalue weighted by Gasteiger charge is -2.13. The summed E-state index contributed by atoms with van der Waals surface area (Å²) in [6.45, 7) is 4.30. The fourth-order valence-electron chi connectivity index (χ4n) is 2.74. The number of carboxylic acids is 3. The zero-order valence-corrected chi connectivity index (χ0v) is 14.0. The molecule has 0 aliphatic heterocycles. The van der Waals surface area contributed by atoms with Crippen LogP contribution in [0.15, 0.2) is 12.1 Å². The van der Waals surface area contributed by atoms with Gasteiger partial charge in [-0.25, -0.2) is 14.4 Å². The number of hydrogen-bond donors (Lipinski definition) is 3. The van der Waals surface area contributed by atoms with Gasteiger partial charge in [-0.15, -0.1) is 0 Å². The van der Waals surface area contributed by atoms with Gasteiger partial charge >= 0.3 is 17.9 Å². The van der Waals surface area contributed by atoms with E-state index >= 15 is 0 Å². The normalized spacial score (nSPS) is 10.8. The maximum atomic E-state index is 11.5. The van der Waals surface area contributed by atoms with Gasteiger partial charge in [0, 0.05) is 0 Å². The summed E-state index contributed by atoms with van der Waals surface area (Å²) in [5.74, 6) is -3.40. The van der Waals surface area contributed by atoms with Crippen molar-refractivity contribution in [3.63, 3.8) is 0 Å². The van der Waals surface area contributed by atoms with Crippen LogP contribution >= 0.6 is 0 Å². The maximum Gasteiger partial charge on any atom is 0.336 e. The van der Waals surface area contributed by atoms with Crippen molar-refractivity contribution >= 4 is 17.9 Å². The lowest BCUT2D eigenvalue weighted by Crippen LogP contribution is -2.16. The second kappa shape index (κ2) is 9.05. The highest BCUT2D eigenvalue weighted by atomic mass is 16.4. The first-order valence-electron chi connectivity index (χ1n) is 8.11. The zero-order chi connectivity index (χ0) is 18.3. The first kappa shape index (κ1) is 19.7. The number of aromatic carboxylic acids is 3. The molecule has 0 aromatic heterocycles. The Morgan fingerprint density at radius 3 is 1.88 bits per heavy atom. The van der Waals surface area contributed by atoms with Gasteiger partial charge in [0.1, 0.15) is 0 Å².